The molecule has 0 bridgehead atoms. The number of nitrogens with zero attached hydrogens (tertiary/aromatic N) is 1. The number of aryl methyl sites for hydroxylation is 2. The van der Waals surface area contributed by atoms with Crippen molar-refractivity contribution in [2.75, 3.05) is 13.2 Å². The van der Waals surface area contributed by atoms with E-state index < -0.39 is 0 Å². The second-order valence-electron chi connectivity index (χ2n) is 4.91. The van der Waals surface area contributed by atoms with Crippen molar-refractivity contribution >= 4 is 17.2 Å². The molecule has 1 aromatic heterocycles. The van der Waals surface area contributed by atoms with Crippen LogP contribution >= 0.6 is 11.3 Å². The van der Waals surface area contributed by atoms with Crippen LogP contribution in [-0.4, -0.2) is 35.1 Å². The van der Waals surface area contributed by atoms with Gasteiger partial charge in [-0.05, 0) is 44.7 Å². The third kappa shape index (κ3) is 3.82. The Balaban J connectivity index is 1.73. The zero-order valence-corrected chi connectivity index (χ0v) is 11.7. The molecule has 2 rings (SSSR count). The van der Waals surface area contributed by atoms with E-state index in [0.717, 1.165) is 25.7 Å². The zero-order chi connectivity index (χ0) is 13.0. The van der Waals surface area contributed by atoms with Crippen molar-refractivity contribution in [2.24, 2.45) is 0 Å². The number of carbonyl (C=O) groups is 1. The molecule has 0 atom stereocenters. The molecule has 4 heteroatoms. The standard InChI is InChI=1S/C14H21NO2S/c1-11-5-8-13(18-11)3-2-4-14(17)15(9-10-16)12-6-7-12/h5,8,12,16H,2-4,6-7,9-10H2,1H3. The van der Waals surface area contributed by atoms with Crippen LogP contribution in [0.2, 0.25) is 0 Å². The van der Waals surface area contributed by atoms with Crippen molar-refractivity contribution in [1.29, 1.82) is 0 Å². The van der Waals surface area contributed by atoms with Crippen LogP contribution in [-0.2, 0) is 11.2 Å². The highest BCUT2D eigenvalue weighted by Gasteiger charge is 2.31. The Labute approximate surface area is 112 Å². The van der Waals surface area contributed by atoms with Gasteiger partial charge in [-0.15, -0.1) is 11.3 Å². The van der Waals surface area contributed by atoms with E-state index in [4.69, 9.17) is 5.11 Å². The van der Waals surface area contributed by atoms with Gasteiger partial charge >= 0.3 is 0 Å². The molecule has 3 nitrogen and oxygen atoms in total. The molecule has 0 saturated heterocycles. The lowest BCUT2D eigenvalue weighted by atomic mass is 10.2. The summed E-state index contributed by atoms with van der Waals surface area (Å²) in [6.07, 6.45) is 4.72. The molecule has 0 aromatic carbocycles. The van der Waals surface area contributed by atoms with E-state index in [1.807, 2.05) is 16.2 Å². The molecule has 0 aliphatic heterocycles. The second kappa shape index (κ2) is 6.34. The van der Waals surface area contributed by atoms with E-state index in [0.29, 0.717) is 19.0 Å². The Morgan fingerprint density at radius 2 is 2.28 bits per heavy atom. The van der Waals surface area contributed by atoms with E-state index in [1.54, 1.807) is 0 Å². The fraction of sp³-hybridized carbons (Fsp3) is 0.643. The summed E-state index contributed by atoms with van der Waals surface area (Å²) in [5.41, 5.74) is 0. The number of aliphatic hydroxyl groups excluding tert-OH is 1. The fourth-order valence-corrected chi connectivity index (χ4v) is 3.11. The number of aliphatic hydroxyl groups is 1. The van der Waals surface area contributed by atoms with Crippen molar-refractivity contribution < 1.29 is 9.90 Å². The highest BCUT2D eigenvalue weighted by molar-refractivity contribution is 7.11. The van der Waals surface area contributed by atoms with E-state index >= 15 is 0 Å². The summed E-state index contributed by atoms with van der Waals surface area (Å²) in [6.45, 7) is 2.68. The van der Waals surface area contributed by atoms with Gasteiger partial charge in [0, 0.05) is 28.8 Å². The van der Waals surface area contributed by atoms with Gasteiger partial charge in [0.15, 0.2) is 0 Å². The van der Waals surface area contributed by atoms with Crippen molar-refractivity contribution in [3.05, 3.63) is 21.9 Å². The average molecular weight is 267 g/mol. The molecule has 1 aromatic rings. The SMILES string of the molecule is Cc1ccc(CCCC(=O)N(CCO)C2CC2)s1. The third-order valence-corrected chi connectivity index (χ3v) is 4.32. The maximum atomic E-state index is 12.0. The minimum Gasteiger partial charge on any atom is -0.395 e. The number of hydrogen-bond acceptors (Lipinski definition) is 3. The molecule has 0 spiro atoms. The molecule has 1 saturated carbocycles. The zero-order valence-electron chi connectivity index (χ0n) is 10.9. The van der Waals surface area contributed by atoms with Gasteiger partial charge in [0.25, 0.3) is 0 Å². The van der Waals surface area contributed by atoms with E-state index in [-0.39, 0.29) is 12.5 Å². The van der Waals surface area contributed by atoms with Crippen LogP contribution in [0, 0.1) is 6.92 Å². The van der Waals surface area contributed by atoms with Gasteiger partial charge in [0.1, 0.15) is 0 Å². The van der Waals surface area contributed by atoms with E-state index in [1.165, 1.54) is 9.75 Å². The lowest BCUT2D eigenvalue weighted by Gasteiger charge is -2.21. The fourth-order valence-electron chi connectivity index (χ4n) is 2.18. The monoisotopic (exact) mass is 267 g/mol. The summed E-state index contributed by atoms with van der Waals surface area (Å²) >= 11 is 1.81. The number of rotatable bonds is 7. The molecule has 0 unspecified atom stereocenters. The minimum absolute atomic E-state index is 0.0758. The predicted octanol–water partition coefficient (Wildman–Crippen LogP) is 2.36. The highest BCUT2D eigenvalue weighted by atomic mass is 32.1. The summed E-state index contributed by atoms with van der Waals surface area (Å²) in [5, 5.41) is 8.98. The van der Waals surface area contributed by atoms with Gasteiger partial charge in [0.2, 0.25) is 5.91 Å². The van der Waals surface area contributed by atoms with Gasteiger partial charge in [-0.3, -0.25) is 4.79 Å². The first-order valence-electron chi connectivity index (χ1n) is 6.66. The highest BCUT2D eigenvalue weighted by Crippen LogP contribution is 2.27. The van der Waals surface area contributed by atoms with Crippen LogP contribution in [0.5, 0.6) is 0 Å². The summed E-state index contributed by atoms with van der Waals surface area (Å²) in [6, 6.07) is 4.69. The molecule has 18 heavy (non-hydrogen) atoms. The predicted molar refractivity (Wildman–Crippen MR) is 73.8 cm³/mol. The lowest BCUT2D eigenvalue weighted by Crippen LogP contribution is -2.35. The first-order chi connectivity index (χ1) is 8.70. The molecule has 1 fully saturated rings. The average Bonchev–Trinajstić information content (AvgIpc) is 3.10. The Hall–Kier alpha value is -0.870. The summed E-state index contributed by atoms with van der Waals surface area (Å²) in [4.78, 5) is 16.6. The molecule has 1 N–H and O–H groups in total. The van der Waals surface area contributed by atoms with Gasteiger partial charge in [0.05, 0.1) is 6.61 Å². The van der Waals surface area contributed by atoms with Crippen LogP contribution < -0.4 is 0 Å². The maximum absolute atomic E-state index is 12.0. The van der Waals surface area contributed by atoms with Crippen molar-refractivity contribution in [1.82, 2.24) is 4.90 Å². The third-order valence-electron chi connectivity index (χ3n) is 3.26. The summed E-state index contributed by atoms with van der Waals surface area (Å²) in [5.74, 6) is 0.208. The Morgan fingerprint density at radius 1 is 1.50 bits per heavy atom. The normalized spacial score (nSPS) is 14.8. The molecule has 100 valence electrons. The van der Waals surface area contributed by atoms with Gasteiger partial charge in [-0.2, -0.15) is 0 Å². The number of thiophene rings is 1. The van der Waals surface area contributed by atoms with Gasteiger partial charge < -0.3 is 10.0 Å². The minimum atomic E-state index is 0.0758. The van der Waals surface area contributed by atoms with E-state index in [2.05, 4.69) is 19.1 Å². The van der Waals surface area contributed by atoms with Gasteiger partial charge in [-0.1, -0.05) is 0 Å². The second-order valence-corrected chi connectivity index (χ2v) is 6.28. The first-order valence-corrected chi connectivity index (χ1v) is 7.48. The molecular formula is C14H21NO2S. The number of hydrogen-bond donors (Lipinski definition) is 1. The van der Waals surface area contributed by atoms with Gasteiger partial charge in [-0.25, -0.2) is 0 Å². The molecule has 1 aliphatic rings. The Morgan fingerprint density at radius 3 is 2.83 bits per heavy atom. The molecule has 1 amide bonds. The van der Waals surface area contributed by atoms with Crippen LogP contribution in [0.1, 0.15) is 35.4 Å². The topological polar surface area (TPSA) is 40.5 Å². The maximum Gasteiger partial charge on any atom is 0.222 e. The lowest BCUT2D eigenvalue weighted by molar-refractivity contribution is -0.132. The number of carbonyl (C=O) groups excluding carboxylic acids is 1. The van der Waals surface area contributed by atoms with Crippen LogP contribution in [0.4, 0.5) is 0 Å². The molecule has 1 aliphatic carbocycles. The van der Waals surface area contributed by atoms with Crippen LogP contribution in [0.25, 0.3) is 0 Å². The van der Waals surface area contributed by atoms with Crippen LogP contribution in [0.3, 0.4) is 0 Å². The smallest absolute Gasteiger partial charge is 0.222 e. The van der Waals surface area contributed by atoms with E-state index in [9.17, 15) is 4.79 Å². The van der Waals surface area contributed by atoms with Crippen LogP contribution in [0.15, 0.2) is 12.1 Å². The van der Waals surface area contributed by atoms with Crippen molar-refractivity contribution in [3.8, 4) is 0 Å². The Bertz CT molecular complexity index is 398. The first kappa shape index (κ1) is 13.6. The summed E-state index contributed by atoms with van der Waals surface area (Å²) in [7, 11) is 0. The molecule has 0 radical (unpaired) electrons. The van der Waals surface area contributed by atoms with Crippen molar-refractivity contribution in [3.63, 3.8) is 0 Å². The largest absolute Gasteiger partial charge is 0.395 e. The summed E-state index contributed by atoms with van der Waals surface area (Å²) < 4.78 is 0. The molecular weight excluding hydrogens is 246 g/mol. The quantitative estimate of drug-likeness (QED) is 0.824. The molecule has 1 heterocycles. The van der Waals surface area contributed by atoms with Crippen molar-refractivity contribution in [2.45, 2.75) is 45.1 Å². The Kier molecular flexibility index (Phi) is 4.78. The number of amides is 1.